The van der Waals surface area contributed by atoms with Gasteiger partial charge < -0.3 is 15.0 Å². The lowest BCUT2D eigenvalue weighted by Crippen LogP contribution is -2.43. The van der Waals surface area contributed by atoms with Gasteiger partial charge in [0.15, 0.2) is 0 Å². The summed E-state index contributed by atoms with van der Waals surface area (Å²) in [6.07, 6.45) is 5.42. The first kappa shape index (κ1) is 16.5. The lowest BCUT2D eigenvalue weighted by molar-refractivity contribution is 0.0707. The van der Waals surface area contributed by atoms with Crippen LogP contribution in [0.1, 0.15) is 23.2 Å². The molecule has 1 N–H and O–H groups in total. The minimum atomic E-state index is 0.0624. The van der Waals surface area contributed by atoms with Gasteiger partial charge in [-0.15, -0.1) is 0 Å². The van der Waals surface area contributed by atoms with Gasteiger partial charge in [0.05, 0.1) is 12.7 Å². The lowest BCUT2D eigenvalue weighted by atomic mass is 10.0. The predicted molar refractivity (Wildman–Crippen MR) is 94.2 cm³/mol. The quantitative estimate of drug-likeness (QED) is 0.939. The van der Waals surface area contributed by atoms with Gasteiger partial charge in [-0.25, -0.2) is 0 Å². The molecule has 3 rings (SSSR count). The molecule has 1 aliphatic heterocycles. The number of methoxy groups -OCH3 is 1. The largest absolute Gasteiger partial charge is 0.497 e. The summed E-state index contributed by atoms with van der Waals surface area (Å²) in [5, 5.41) is 3.28. The molecule has 126 valence electrons. The number of amides is 1. The molecule has 5 heteroatoms. The van der Waals surface area contributed by atoms with E-state index < -0.39 is 0 Å². The second-order valence-corrected chi connectivity index (χ2v) is 6.05. The molecule has 24 heavy (non-hydrogen) atoms. The fraction of sp³-hybridized carbons (Fsp3) is 0.368. The SMILES string of the molecule is CNC1CCN(C(=O)c2cncc(-c3ccc(OC)cc3)c2)CC1. The zero-order valence-electron chi connectivity index (χ0n) is 14.2. The summed E-state index contributed by atoms with van der Waals surface area (Å²) in [7, 11) is 3.62. The van der Waals surface area contributed by atoms with Crippen molar-refractivity contribution in [3.8, 4) is 16.9 Å². The molecule has 1 amide bonds. The van der Waals surface area contributed by atoms with Crippen molar-refractivity contribution >= 4 is 5.91 Å². The van der Waals surface area contributed by atoms with Crippen molar-refractivity contribution in [2.24, 2.45) is 0 Å². The van der Waals surface area contributed by atoms with Crippen LogP contribution < -0.4 is 10.1 Å². The molecule has 5 nitrogen and oxygen atoms in total. The van der Waals surface area contributed by atoms with Crippen LogP contribution in [0.4, 0.5) is 0 Å². The number of ether oxygens (including phenoxy) is 1. The Labute approximate surface area is 142 Å². The number of hydrogen-bond acceptors (Lipinski definition) is 4. The van der Waals surface area contributed by atoms with Gasteiger partial charge in [-0.3, -0.25) is 9.78 Å². The standard InChI is InChI=1S/C19H23N3O2/c1-20-17-7-9-22(10-8-17)19(23)16-11-15(12-21-13-16)14-3-5-18(24-2)6-4-14/h3-6,11-13,17,20H,7-10H2,1-2H3. The highest BCUT2D eigenvalue weighted by atomic mass is 16.5. The topological polar surface area (TPSA) is 54.5 Å². The van der Waals surface area contributed by atoms with Crippen molar-refractivity contribution in [1.82, 2.24) is 15.2 Å². The number of aromatic nitrogens is 1. The van der Waals surface area contributed by atoms with Gasteiger partial charge in [0, 0.05) is 37.1 Å². The van der Waals surface area contributed by atoms with Gasteiger partial charge in [-0.2, -0.15) is 0 Å². The van der Waals surface area contributed by atoms with Crippen LogP contribution in [-0.4, -0.2) is 49.1 Å². The van der Waals surface area contributed by atoms with E-state index in [1.54, 1.807) is 19.5 Å². The number of pyridine rings is 1. The highest BCUT2D eigenvalue weighted by molar-refractivity contribution is 5.95. The molecule has 2 aromatic rings. The zero-order chi connectivity index (χ0) is 16.9. The van der Waals surface area contributed by atoms with Crippen LogP contribution in [0, 0.1) is 0 Å². The van der Waals surface area contributed by atoms with Gasteiger partial charge >= 0.3 is 0 Å². The molecule has 2 heterocycles. The van der Waals surface area contributed by atoms with E-state index in [1.165, 1.54) is 0 Å². The molecule has 1 aromatic carbocycles. The van der Waals surface area contributed by atoms with Crippen molar-refractivity contribution in [3.63, 3.8) is 0 Å². The average molecular weight is 325 g/mol. The summed E-state index contributed by atoms with van der Waals surface area (Å²) < 4.78 is 5.18. The molecule has 1 fully saturated rings. The van der Waals surface area contributed by atoms with Gasteiger partial charge in [0.25, 0.3) is 5.91 Å². The van der Waals surface area contributed by atoms with Crippen LogP contribution in [0.25, 0.3) is 11.1 Å². The number of carbonyl (C=O) groups is 1. The molecular weight excluding hydrogens is 302 g/mol. The number of benzene rings is 1. The zero-order valence-corrected chi connectivity index (χ0v) is 14.2. The summed E-state index contributed by atoms with van der Waals surface area (Å²) in [5.41, 5.74) is 2.60. The Morgan fingerprint density at radius 3 is 2.50 bits per heavy atom. The number of nitrogens with one attached hydrogen (secondary N) is 1. The molecule has 0 radical (unpaired) electrons. The first-order valence-corrected chi connectivity index (χ1v) is 8.27. The summed E-state index contributed by atoms with van der Waals surface area (Å²) in [6, 6.07) is 10.2. The smallest absolute Gasteiger partial charge is 0.255 e. The van der Waals surface area contributed by atoms with Crippen molar-refractivity contribution in [1.29, 1.82) is 0 Å². The summed E-state index contributed by atoms with van der Waals surface area (Å²) >= 11 is 0. The van der Waals surface area contributed by atoms with Gasteiger partial charge in [0.2, 0.25) is 0 Å². The Hall–Kier alpha value is -2.40. The van der Waals surface area contributed by atoms with Crippen molar-refractivity contribution in [2.75, 3.05) is 27.2 Å². The first-order valence-electron chi connectivity index (χ1n) is 8.27. The van der Waals surface area contributed by atoms with Crippen LogP contribution in [0.15, 0.2) is 42.7 Å². The second kappa shape index (κ2) is 7.45. The van der Waals surface area contributed by atoms with E-state index in [2.05, 4.69) is 10.3 Å². The van der Waals surface area contributed by atoms with E-state index in [-0.39, 0.29) is 5.91 Å². The van der Waals surface area contributed by atoms with Crippen molar-refractivity contribution in [2.45, 2.75) is 18.9 Å². The Bertz CT molecular complexity index is 692. The highest BCUT2D eigenvalue weighted by Crippen LogP contribution is 2.23. The average Bonchev–Trinajstić information content (AvgIpc) is 2.67. The molecule has 0 saturated carbocycles. The molecule has 0 spiro atoms. The van der Waals surface area contributed by atoms with E-state index in [4.69, 9.17) is 4.74 Å². The van der Waals surface area contributed by atoms with Gasteiger partial charge in [0.1, 0.15) is 5.75 Å². The van der Waals surface area contributed by atoms with Gasteiger partial charge in [-0.05, 0) is 43.7 Å². The van der Waals surface area contributed by atoms with E-state index in [1.807, 2.05) is 42.3 Å². The van der Waals surface area contributed by atoms with E-state index in [0.717, 1.165) is 42.8 Å². The molecule has 0 aliphatic carbocycles. The van der Waals surface area contributed by atoms with Crippen LogP contribution >= 0.6 is 0 Å². The van der Waals surface area contributed by atoms with Crippen LogP contribution in [0.3, 0.4) is 0 Å². The maximum absolute atomic E-state index is 12.7. The summed E-state index contributed by atoms with van der Waals surface area (Å²) in [4.78, 5) is 18.9. The summed E-state index contributed by atoms with van der Waals surface area (Å²) in [5.74, 6) is 0.874. The third kappa shape index (κ3) is 3.57. The lowest BCUT2D eigenvalue weighted by Gasteiger charge is -2.31. The fourth-order valence-electron chi connectivity index (χ4n) is 3.05. The molecule has 1 saturated heterocycles. The Morgan fingerprint density at radius 2 is 1.88 bits per heavy atom. The third-order valence-corrected chi connectivity index (χ3v) is 4.60. The number of nitrogens with zero attached hydrogens (tertiary/aromatic N) is 2. The van der Waals surface area contributed by atoms with Crippen LogP contribution in [0.2, 0.25) is 0 Å². The highest BCUT2D eigenvalue weighted by Gasteiger charge is 2.23. The normalized spacial score (nSPS) is 15.3. The number of likely N-dealkylation sites (tertiary alicyclic amines) is 1. The van der Waals surface area contributed by atoms with Crippen LogP contribution in [-0.2, 0) is 0 Å². The van der Waals surface area contributed by atoms with Crippen LogP contribution in [0.5, 0.6) is 5.75 Å². The third-order valence-electron chi connectivity index (χ3n) is 4.60. The second-order valence-electron chi connectivity index (χ2n) is 6.05. The Kier molecular flexibility index (Phi) is 5.11. The fourth-order valence-corrected chi connectivity index (χ4v) is 3.05. The maximum Gasteiger partial charge on any atom is 0.255 e. The van der Waals surface area contributed by atoms with Crippen molar-refractivity contribution in [3.05, 3.63) is 48.3 Å². The van der Waals surface area contributed by atoms with E-state index >= 15 is 0 Å². The minimum absolute atomic E-state index is 0.0624. The molecule has 1 aliphatic rings. The number of piperidine rings is 1. The first-order chi connectivity index (χ1) is 11.7. The molecule has 0 atom stereocenters. The predicted octanol–water partition coefficient (Wildman–Crippen LogP) is 2.58. The Balaban J connectivity index is 1.76. The Morgan fingerprint density at radius 1 is 1.17 bits per heavy atom. The number of rotatable bonds is 4. The van der Waals surface area contributed by atoms with E-state index in [9.17, 15) is 4.79 Å². The molecule has 0 bridgehead atoms. The van der Waals surface area contributed by atoms with Crippen molar-refractivity contribution < 1.29 is 9.53 Å². The minimum Gasteiger partial charge on any atom is -0.497 e. The number of hydrogen-bond donors (Lipinski definition) is 1. The molecular formula is C19H23N3O2. The molecule has 0 unspecified atom stereocenters. The molecule has 1 aromatic heterocycles. The maximum atomic E-state index is 12.7. The monoisotopic (exact) mass is 325 g/mol. The van der Waals surface area contributed by atoms with Gasteiger partial charge in [-0.1, -0.05) is 12.1 Å². The number of carbonyl (C=O) groups excluding carboxylic acids is 1. The summed E-state index contributed by atoms with van der Waals surface area (Å²) in [6.45, 7) is 1.58. The van der Waals surface area contributed by atoms with E-state index in [0.29, 0.717) is 11.6 Å².